The molecule has 1 aliphatic carbocycles. The number of fused-ring (bicyclic) bond motifs is 3. The zero-order valence-electron chi connectivity index (χ0n) is 13.3. The minimum atomic E-state index is -0.225. The first-order valence-electron chi connectivity index (χ1n) is 7.98. The minimum absolute atomic E-state index is 0.223. The van der Waals surface area contributed by atoms with E-state index in [2.05, 4.69) is 11.9 Å². The highest BCUT2D eigenvalue weighted by atomic mass is 32.1. The standard InChI is InChI=1S/C18H17N3OS2/c1-10-7-8-12-13(9-10)24-16-14(12)15(19)21(18(23)20-16)17(22)11-5-3-2-4-6-11/h2-6,10H,7-9,19H2,1H3. The SMILES string of the molecule is CC1CCc2c(sc3nc(=S)n(C(=O)c4ccccc4)c(N)c23)C1. The Balaban J connectivity index is 1.94. The normalized spacial score (nSPS) is 17.0. The summed E-state index contributed by atoms with van der Waals surface area (Å²) in [5.41, 5.74) is 8.21. The van der Waals surface area contributed by atoms with Gasteiger partial charge in [-0.05, 0) is 55.1 Å². The zero-order chi connectivity index (χ0) is 16.8. The molecule has 0 amide bonds. The number of nitrogens with two attached hydrogens (primary N) is 1. The zero-order valence-corrected chi connectivity index (χ0v) is 14.9. The number of thiophene rings is 1. The van der Waals surface area contributed by atoms with Crippen LogP contribution in [0, 0.1) is 10.7 Å². The molecular formula is C18H17N3OS2. The van der Waals surface area contributed by atoms with Gasteiger partial charge in [-0.2, -0.15) is 0 Å². The monoisotopic (exact) mass is 355 g/mol. The minimum Gasteiger partial charge on any atom is -0.384 e. The van der Waals surface area contributed by atoms with E-state index in [1.54, 1.807) is 23.5 Å². The van der Waals surface area contributed by atoms with Crippen LogP contribution >= 0.6 is 23.6 Å². The van der Waals surface area contributed by atoms with Gasteiger partial charge in [0.1, 0.15) is 10.6 Å². The highest BCUT2D eigenvalue weighted by Gasteiger charge is 2.25. The van der Waals surface area contributed by atoms with Gasteiger partial charge in [0.25, 0.3) is 5.91 Å². The molecule has 4 rings (SSSR count). The number of benzene rings is 1. The van der Waals surface area contributed by atoms with Crippen LogP contribution in [-0.2, 0) is 12.8 Å². The van der Waals surface area contributed by atoms with Crippen LogP contribution in [0.25, 0.3) is 10.2 Å². The number of carbonyl (C=O) groups excluding carboxylic acids is 1. The predicted octanol–water partition coefficient (Wildman–Crippen LogP) is 4.22. The molecule has 24 heavy (non-hydrogen) atoms. The first kappa shape index (κ1) is 15.5. The summed E-state index contributed by atoms with van der Waals surface area (Å²) in [6, 6.07) is 9.05. The Morgan fingerprint density at radius 2 is 2.12 bits per heavy atom. The number of aromatic nitrogens is 2. The second kappa shape index (κ2) is 5.79. The highest BCUT2D eigenvalue weighted by molar-refractivity contribution is 7.71. The van der Waals surface area contributed by atoms with Crippen LogP contribution in [0.4, 0.5) is 5.82 Å². The van der Waals surface area contributed by atoms with Gasteiger partial charge in [-0.3, -0.25) is 4.79 Å². The van der Waals surface area contributed by atoms with Crippen LogP contribution in [0.1, 0.15) is 34.1 Å². The van der Waals surface area contributed by atoms with Crippen LogP contribution in [0.3, 0.4) is 0 Å². The van der Waals surface area contributed by atoms with Crippen LogP contribution in [0.2, 0.25) is 0 Å². The van der Waals surface area contributed by atoms with Gasteiger partial charge in [-0.15, -0.1) is 11.3 Å². The van der Waals surface area contributed by atoms with Gasteiger partial charge in [-0.1, -0.05) is 25.1 Å². The maximum absolute atomic E-state index is 12.9. The Labute approximate surface area is 149 Å². The van der Waals surface area contributed by atoms with Crippen molar-refractivity contribution in [2.45, 2.75) is 26.2 Å². The van der Waals surface area contributed by atoms with Crippen molar-refractivity contribution in [3.05, 3.63) is 51.1 Å². The van der Waals surface area contributed by atoms with Gasteiger partial charge in [-0.25, -0.2) is 9.55 Å². The van der Waals surface area contributed by atoms with Crippen LogP contribution < -0.4 is 5.73 Å². The van der Waals surface area contributed by atoms with Gasteiger partial charge in [0.2, 0.25) is 4.77 Å². The molecule has 4 nitrogen and oxygen atoms in total. The van der Waals surface area contributed by atoms with Crippen molar-refractivity contribution in [2.24, 2.45) is 5.92 Å². The van der Waals surface area contributed by atoms with Crippen molar-refractivity contribution in [1.29, 1.82) is 0 Å². The molecular weight excluding hydrogens is 338 g/mol. The quantitative estimate of drug-likeness (QED) is 0.664. The van der Waals surface area contributed by atoms with Crippen molar-refractivity contribution >= 4 is 45.5 Å². The number of anilines is 1. The summed E-state index contributed by atoms with van der Waals surface area (Å²) in [5.74, 6) is 0.871. The molecule has 2 aromatic heterocycles. The summed E-state index contributed by atoms with van der Waals surface area (Å²) in [6.45, 7) is 2.27. The Bertz CT molecular complexity index is 1000. The van der Waals surface area contributed by atoms with E-state index in [1.165, 1.54) is 15.0 Å². The molecule has 0 bridgehead atoms. The molecule has 1 unspecified atom stereocenters. The van der Waals surface area contributed by atoms with E-state index in [9.17, 15) is 4.79 Å². The summed E-state index contributed by atoms with van der Waals surface area (Å²) >= 11 is 7.03. The van der Waals surface area contributed by atoms with Crippen molar-refractivity contribution in [3.63, 3.8) is 0 Å². The molecule has 2 N–H and O–H groups in total. The maximum Gasteiger partial charge on any atom is 0.265 e. The number of hydrogen-bond donors (Lipinski definition) is 1. The summed E-state index contributed by atoms with van der Waals surface area (Å²) in [6.07, 6.45) is 3.18. The first-order chi connectivity index (χ1) is 11.6. The molecule has 0 spiro atoms. The Hall–Kier alpha value is -2.05. The molecule has 0 aliphatic heterocycles. The molecule has 1 aromatic carbocycles. The number of nitrogen functional groups attached to an aromatic ring is 1. The number of hydrogen-bond acceptors (Lipinski definition) is 5. The van der Waals surface area contributed by atoms with Crippen LogP contribution in [0.5, 0.6) is 0 Å². The second-order valence-corrected chi connectivity index (χ2v) is 7.77. The van der Waals surface area contributed by atoms with Gasteiger partial charge >= 0.3 is 0 Å². The van der Waals surface area contributed by atoms with Gasteiger partial charge in [0, 0.05) is 10.4 Å². The second-order valence-electron chi connectivity index (χ2n) is 6.32. The van der Waals surface area contributed by atoms with E-state index in [0.29, 0.717) is 17.3 Å². The number of aryl methyl sites for hydroxylation is 1. The summed E-state index contributed by atoms with van der Waals surface area (Å²) in [7, 11) is 0. The molecule has 0 radical (unpaired) electrons. The molecule has 1 atom stereocenters. The number of rotatable bonds is 1. The number of carbonyl (C=O) groups is 1. The Kier molecular flexibility index (Phi) is 3.73. The van der Waals surface area contributed by atoms with Crippen molar-refractivity contribution in [2.75, 3.05) is 5.73 Å². The van der Waals surface area contributed by atoms with E-state index in [0.717, 1.165) is 29.5 Å². The summed E-state index contributed by atoms with van der Waals surface area (Å²) < 4.78 is 1.60. The third-order valence-corrected chi connectivity index (χ3v) is 6.02. The maximum atomic E-state index is 12.9. The predicted molar refractivity (Wildman–Crippen MR) is 100 cm³/mol. The lowest BCUT2D eigenvalue weighted by atomic mass is 9.89. The van der Waals surface area contributed by atoms with Gasteiger partial charge in [0.15, 0.2) is 0 Å². The largest absolute Gasteiger partial charge is 0.384 e. The Morgan fingerprint density at radius 1 is 1.38 bits per heavy atom. The first-order valence-corrected chi connectivity index (χ1v) is 9.21. The molecule has 122 valence electrons. The average Bonchev–Trinajstić information content (AvgIpc) is 2.92. The lowest BCUT2D eigenvalue weighted by molar-refractivity contribution is 0.0959. The third kappa shape index (κ3) is 2.37. The summed E-state index contributed by atoms with van der Waals surface area (Å²) in [4.78, 5) is 19.6. The molecule has 0 saturated heterocycles. The fourth-order valence-electron chi connectivity index (χ4n) is 3.34. The summed E-state index contributed by atoms with van der Waals surface area (Å²) in [5, 5.41) is 0.916. The van der Waals surface area contributed by atoms with Gasteiger partial charge in [0.05, 0.1) is 5.39 Å². The molecule has 3 aromatic rings. The van der Waals surface area contributed by atoms with Crippen LogP contribution in [0.15, 0.2) is 30.3 Å². The van der Waals surface area contributed by atoms with E-state index in [4.69, 9.17) is 18.0 Å². The van der Waals surface area contributed by atoms with E-state index in [-0.39, 0.29) is 10.7 Å². The third-order valence-electron chi connectivity index (χ3n) is 4.60. The molecule has 6 heteroatoms. The van der Waals surface area contributed by atoms with Crippen LogP contribution in [-0.4, -0.2) is 15.5 Å². The smallest absolute Gasteiger partial charge is 0.265 e. The molecule has 0 fully saturated rings. The highest BCUT2D eigenvalue weighted by Crippen LogP contribution is 2.39. The molecule has 1 aliphatic rings. The van der Waals surface area contributed by atoms with Gasteiger partial charge < -0.3 is 5.73 Å². The fourth-order valence-corrected chi connectivity index (χ4v) is 5.06. The van der Waals surface area contributed by atoms with E-state index < -0.39 is 0 Å². The van der Waals surface area contributed by atoms with Crippen molar-refractivity contribution < 1.29 is 4.79 Å². The molecule has 2 heterocycles. The molecule has 0 saturated carbocycles. The van der Waals surface area contributed by atoms with E-state index in [1.807, 2.05) is 18.2 Å². The van der Waals surface area contributed by atoms with E-state index >= 15 is 0 Å². The number of nitrogens with zero attached hydrogens (tertiary/aromatic N) is 2. The van der Waals surface area contributed by atoms with Crippen molar-refractivity contribution in [3.8, 4) is 0 Å². The lowest BCUT2D eigenvalue weighted by Gasteiger charge is -2.18. The van der Waals surface area contributed by atoms with Crippen molar-refractivity contribution in [1.82, 2.24) is 9.55 Å². The fraction of sp³-hybridized carbons (Fsp3) is 0.278. The topological polar surface area (TPSA) is 60.9 Å². The lowest BCUT2D eigenvalue weighted by Crippen LogP contribution is -2.19. The average molecular weight is 355 g/mol. The Morgan fingerprint density at radius 3 is 2.88 bits per heavy atom.